The molecule has 34 heavy (non-hydrogen) atoms. The highest BCUT2D eigenvalue weighted by Crippen LogP contribution is 2.37. The molecule has 1 aromatic heterocycles. The molecule has 3 aromatic rings. The maximum Gasteiger partial charge on any atom is 0.264 e. The summed E-state index contributed by atoms with van der Waals surface area (Å²) in [6.45, 7) is 6.73. The van der Waals surface area contributed by atoms with E-state index in [-0.39, 0.29) is 16.4 Å². The van der Waals surface area contributed by atoms with Crippen LogP contribution in [0.1, 0.15) is 43.7 Å². The van der Waals surface area contributed by atoms with Crippen LogP contribution in [0.15, 0.2) is 53.4 Å². The van der Waals surface area contributed by atoms with E-state index in [4.69, 9.17) is 4.74 Å². The second kappa shape index (κ2) is 8.58. The summed E-state index contributed by atoms with van der Waals surface area (Å²) in [5.41, 5.74) is 4.14. The number of anilines is 2. The predicted molar refractivity (Wildman–Crippen MR) is 134 cm³/mol. The van der Waals surface area contributed by atoms with Gasteiger partial charge in [-0.15, -0.1) is 0 Å². The molecule has 0 radical (unpaired) electrons. The maximum absolute atomic E-state index is 13.2. The highest BCUT2D eigenvalue weighted by molar-refractivity contribution is 7.92. The van der Waals surface area contributed by atoms with Crippen molar-refractivity contribution in [1.29, 1.82) is 0 Å². The van der Waals surface area contributed by atoms with Gasteiger partial charge in [-0.3, -0.25) is 0 Å². The number of benzene rings is 2. The van der Waals surface area contributed by atoms with Crippen molar-refractivity contribution in [3.8, 4) is 17.1 Å². The lowest BCUT2D eigenvalue weighted by atomic mass is 9.77. The lowest BCUT2D eigenvalue weighted by Crippen LogP contribution is -2.47. The van der Waals surface area contributed by atoms with Crippen LogP contribution >= 0.6 is 0 Å². The van der Waals surface area contributed by atoms with Crippen molar-refractivity contribution in [2.24, 2.45) is 5.92 Å². The molecule has 1 spiro atoms. The van der Waals surface area contributed by atoms with E-state index in [0.717, 1.165) is 48.1 Å². The first-order chi connectivity index (χ1) is 16.2. The Kier molecular flexibility index (Phi) is 5.72. The predicted octanol–water partition coefficient (Wildman–Crippen LogP) is 5.31. The highest BCUT2D eigenvalue weighted by Gasteiger charge is 2.36. The van der Waals surface area contributed by atoms with E-state index in [0.29, 0.717) is 24.1 Å². The molecule has 0 saturated heterocycles. The van der Waals surface area contributed by atoms with Crippen molar-refractivity contribution in [2.45, 2.75) is 56.9 Å². The van der Waals surface area contributed by atoms with Crippen LogP contribution in [0.25, 0.3) is 11.3 Å². The molecule has 4 bridgehead atoms. The van der Waals surface area contributed by atoms with E-state index in [2.05, 4.69) is 26.9 Å². The summed E-state index contributed by atoms with van der Waals surface area (Å²) in [5, 5.41) is 3.62. The van der Waals surface area contributed by atoms with Gasteiger partial charge in [0, 0.05) is 17.3 Å². The van der Waals surface area contributed by atoms with Crippen LogP contribution in [0.2, 0.25) is 0 Å². The summed E-state index contributed by atoms with van der Waals surface area (Å²) in [6, 6.07) is 14.7. The normalized spacial score (nSPS) is 23.6. The molecule has 1 fully saturated rings. The van der Waals surface area contributed by atoms with Gasteiger partial charge in [-0.25, -0.2) is 18.1 Å². The van der Waals surface area contributed by atoms with Crippen molar-refractivity contribution in [1.82, 2.24) is 9.97 Å². The SMILES string of the molecule is Cc1cccc(C)c1-c1cc2nc(n1)NS(=O)(=O)c1cccc(c1)NC1(CCC(C)CC1)CO2. The fraction of sp³-hybridized carbons (Fsp3) is 0.385. The van der Waals surface area contributed by atoms with Gasteiger partial charge in [-0.2, -0.15) is 4.98 Å². The van der Waals surface area contributed by atoms with Crippen LogP contribution in [0.3, 0.4) is 0 Å². The van der Waals surface area contributed by atoms with Gasteiger partial charge < -0.3 is 10.1 Å². The van der Waals surface area contributed by atoms with Gasteiger partial charge in [0.25, 0.3) is 10.0 Å². The van der Waals surface area contributed by atoms with E-state index in [1.165, 1.54) is 0 Å². The number of rotatable bonds is 1. The molecule has 1 aliphatic carbocycles. The first kappa shape index (κ1) is 22.7. The molecule has 2 N–H and O–H groups in total. The molecule has 1 saturated carbocycles. The molecule has 178 valence electrons. The number of hydrogen-bond donors (Lipinski definition) is 2. The number of aromatic nitrogens is 2. The van der Waals surface area contributed by atoms with Crippen LogP contribution in [-0.2, 0) is 10.0 Å². The van der Waals surface area contributed by atoms with Gasteiger partial charge in [-0.1, -0.05) is 31.2 Å². The van der Waals surface area contributed by atoms with Crippen LogP contribution in [0, 0.1) is 19.8 Å². The first-order valence-electron chi connectivity index (χ1n) is 11.7. The minimum atomic E-state index is -3.89. The van der Waals surface area contributed by atoms with Gasteiger partial charge in [0.1, 0.15) is 6.61 Å². The second-order valence-electron chi connectivity index (χ2n) is 9.69. The summed E-state index contributed by atoms with van der Waals surface area (Å²) in [4.78, 5) is 9.17. The smallest absolute Gasteiger partial charge is 0.264 e. The minimum absolute atomic E-state index is 0.000375. The Labute approximate surface area is 201 Å². The molecule has 2 heterocycles. The zero-order valence-corrected chi connectivity index (χ0v) is 20.6. The van der Waals surface area contributed by atoms with E-state index >= 15 is 0 Å². The average Bonchev–Trinajstić information content (AvgIpc) is 2.79. The van der Waals surface area contributed by atoms with Gasteiger partial charge in [0.2, 0.25) is 11.8 Å². The number of ether oxygens (including phenoxy) is 1. The summed E-state index contributed by atoms with van der Waals surface area (Å²) < 4.78 is 35.3. The fourth-order valence-corrected chi connectivity index (χ4v) is 5.94. The number of nitrogens with zero attached hydrogens (tertiary/aromatic N) is 2. The minimum Gasteiger partial charge on any atom is -0.475 e. The third-order valence-electron chi connectivity index (χ3n) is 6.95. The Balaban J connectivity index is 1.64. The van der Waals surface area contributed by atoms with Crippen LogP contribution < -0.4 is 14.8 Å². The number of fused-ring (bicyclic) bond motifs is 4. The van der Waals surface area contributed by atoms with Crippen molar-refractivity contribution < 1.29 is 13.2 Å². The molecule has 0 amide bonds. The molecule has 2 aliphatic rings. The summed E-state index contributed by atoms with van der Waals surface area (Å²) >= 11 is 0. The summed E-state index contributed by atoms with van der Waals surface area (Å²) in [7, 11) is -3.89. The van der Waals surface area contributed by atoms with Crippen LogP contribution in [0.5, 0.6) is 5.88 Å². The van der Waals surface area contributed by atoms with Crippen molar-refractivity contribution in [3.63, 3.8) is 0 Å². The number of sulfonamides is 1. The number of hydrogen-bond acceptors (Lipinski definition) is 6. The third kappa shape index (κ3) is 4.46. The van der Waals surface area contributed by atoms with E-state index < -0.39 is 10.0 Å². The Morgan fingerprint density at radius 1 is 1.00 bits per heavy atom. The van der Waals surface area contributed by atoms with Gasteiger partial charge in [0.05, 0.1) is 16.1 Å². The van der Waals surface area contributed by atoms with Crippen LogP contribution in [-0.4, -0.2) is 30.5 Å². The molecule has 0 atom stereocenters. The standard InChI is InChI=1S/C26H30N4O3S/c1-17-10-12-26(13-11-17)16-33-23-15-22(24-18(2)6-4-7-19(24)3)27-25(28-23)30-34(31,32)21-9-5-8-20(14-21)29-26/h4-9,14-15,17,29H,10-13,16H2,1-3H3,(H,27,28,30). The van der Waals surface area contributed by atoms with E-state index in [9.17, 15) is 8.42 Å². The van der Waals surface area contributed by atoms with Gasteiger partial charge in [0.15, 0.2) is 0 Å². The average molecular weight is 479 g/mol. The summed E-state index contributed by atoms with van der Waals surface area (Å²) in [6.07, 6.45) is 4.04. The molecule has 2 aromatic carbocycles. The topological polar surface area (TPSA) is 93.2 Å². The highest BCUT2D eigenvalue weighted by atomic mass is 32.2. The number of aryl methyl sites for hydroxylation is 2. The van der Waals surface area contributed by atoms with Gasteiger partial charge >= 0.3 is 0 Å². The second-order valence-corrected chi connectivity index (χ2v) is 11.4. The molecule has 0 unspecified atom stereocenters. The molecule has 1 aliphatic heterocycles. The van der Waals surface area contributed by atoms with Crippen LogP contribution in [0.4, 0.5) is 11.6 Å². The zero-order valence-electron chi connectivity index (χ0n) is 19.8. The summed E-state index contributed by atoms with van der Waals surface area (Å²) in [5.74, 6) is 1.01. The van der Waals surface area contributed by atoms with Crippen molar-refractivity contribution >= 4 is 21.7 Å². The molecule has 7 nitrogen and oxygen atoms in total. The lowest BCUT2D eigenvalue weighted by molar-refractivity contribution is 0.166. The quantitative estimate of drug-likeness (QED) is 0.492. The monoisotopic (exact) mass is 478 g/mol. The fourth-order valence-electron chi connectivity index (χ4n) is 4.95. The molecular formula is C26H30N4O3S. The Hall–Kier alpha value is -3.13. The zero-order chi connectivity index (χ0) is 23.9. The Morgan fingerprint density at radius 3 is 2.44 bits per heavy atom. The maximum atomic E-state index is 13.2. The third-order valence-corrected chi connectivity index (χ3v) is 8.27. The van der Waals surface area contributed by atoms with E-state index in [1.807, 2.05) is 38.1 Å². The first-order valence-corrected chi connectivity index (χ1v) is 13.2. The Bertz CT molecular complexity index is 1310. The van der Waals surface area contributed by atoms with Gasteiger partial charge in [-0.05, 0) is 74.8 Å². The molecule has 8 heteroatoms. The molecular weight excluding hydrogens is 448 g/mol. The van der Waals surface area contributed by atoms with Crippen molar-refractivity contribution in [2.75, 3.05) is 16.6 Å². The largest absolute Gasteiger partial charge is 0.475 e. The number of nitrogens with one attached hydrogen (secondary N) is 2. The molecule has 5 rings (SSSR count). The Morgan fingerprint density at radius 2 is 1.71 bits per heavy atom. The van der Waals surface area contributed by atoms with E-state index in [1.54, 1.807) is 24.3 Å². The van der Waals surface area contributed by atoms with Crippen molar-refractivity contribution in [3.05, 3.63) is 59.7 Å². The lowest BCUT2D eigenvalue weighted by Gasteiger charge is -2.40.